The molecular formula is C20H21NO5. The number of nitro groups is 1. The molecule has 1 heterocycles. The van der Waals surface area contributed by atoms with E-state index in [1.54, 1.807) is 19.1 Å². The fourth-order valence-corrected chi connectivity index (χ4v) is 2.73. The van der Waals surface area contributed by atoms with Gasteiger partial charge in [-0.2, -0.15) is 0 Å². The van der Waals surface area contributed by atoms with E-state index in [2.05, 4.69) is 0 Å². The molecule has 0 aliphatic rings. The molecule has 0 radical (unpaired) electrons. The summed E-state index contributed by atoms with van der Waals surface area (Å²) >= 11 is 0. The van der Waals surface area contributed by atoms with E-state index < -0.39 is 10.5 Å². The van der Waals surface area contributed by atoms with Gasteiger partial charge in [-0.25, -0.2) is 4.79 Å². The minimum Gasteiger partial charge on any atom is -0.489 e. The summed E-state index contributed by atoms with van der Waals surface area (Å²) in [5.74, 6) is 0.508. The van der Waals surface area contributed by atoms with Crippen molar-refractivity contribution in [3.8, 4) is 5.75 Å². The van der Waals surface area contributed by atoms with Gasteiger partial charge >= 0.3 is 5.63 Å². The molecule has 1 aromatic heterocycles. The fraction of sp³-hybridized carbons (Fsp3) is 0.250. The van der Waals surface area contributed by atoms with Crippen molar-refractivity contribution in [2.75, 3.05) is 0 Å². The lowest BCUT2D eigenvalue weighted by Gasteiger charge is -2.11. The molecular weight excluding hydrogens is 334 g/mol. The van der Waals surface area contributed by atoms with Crippen LogP contribution in [-0.2, 0) is 6.61 Å². The highest BCUT2D eigenvalue weighted by Crippen LogP contribution is 2.26. The van der Waals surface area contributed by atoms with Crippen molar-refractivity contribution in [2.24, 2.45) is 0 Å². The summed E-state index contributed by atoms with van der Waals surface area (Å²) < 4.78 is 11.1. The topological polar surface area (TPSA) is 82.6 Å². The van der Waals surface area contributed by atoms with E-state index >= 15 is 0 Å². The van der Waals surface area contributed by atoms with Crippen LogP contribution in [0.5, 0.6) is 5.75 Å². The summed E-state index contributed by atoms with van der Waals surface area (Å²) in [7, 11) is 0. The fourth-order valence-electron chi connectivity index (χ4n) is 2.73. The van der Waals surface area contributed by atoms with E-state index in [9.17, 15) is 14.9 Å². The lowest BCUT2D eigenvalue weighted by Crippen LogP contribution is -2.05. The molecule has 0 amide bonds. The van der Waals surface area contributed by atoms with Gasteiger partial charge in [0.2, 0.25) is 0 Å². The van der Waals surface area contributed by atoms with Crippen LogP contribution in [0.25, 0.3) is 11.0 Å². The highest BCUT2D eigenvalue weighted by Gasteiger charge is 2.13. The number of hydrogen-bond donors (Lipinski definition) is 0. The summed E-state index contributed by atoms with van der Waals surface area (Å²) in [4.78, 5) is 22.3. The van der Waals surface area contributed by atoms with E-state index in [0.29, 0.717) is 22.5 Å². The summed E-state index contributed by atoms with van der Waals surface area (Å²) in [6.45, 7) is 5.69. The van der Waals surface area contributed by atoms with Gasteiger partial charge in [0.1, 0.15) is 17.9 Å². The highest BCUT2D eigenvalue weighted by atomic mass is 16.6. The monoisotopic (exact) mass is 355 g/mol. The van der Waals surface area contributed by atoms with Crippen LogP contribution in [0.4, 0.5) is 5.69 Å². The quantitative estimate of drug-likeness (QED) is 0.380. The Bertz CT molecular complexity index is 1040. The molecule has 0 spiro atoms. The third kappa shape index (κ3) is 3.59. The molecule has 6 nitrogen and oxygen atoms in total. The Kier molecular flexibility index (Phi) is 5.45. The molecule has 0 aliphatic heterocycles. The van der Waals surface area contributed by atoms with Crippen LogP contribution in [-0.4, -0.2) is 4.92 Å². The molecule has 3 aromatic rings. The van der Waals surface area contributed by atoms with Gasteiger partial charge in [-0.3, -0.25) is 10.1 Å². The Labute approximate surface area is 151 Å². The van der Waals surface area contributed by atoms with Crippen LogP contribution in [0.2, 0.25) is 0 Å². The summed E-state index contributed by atoms with van der Waals surface area (Å²) in [6, 6.07) is 9.86. The third-order valence-electron chi connectivity index (χ3n) is 4.28. The number of fused-ring (bicyclic) bond motifs is 1. The van der Waals surface area contributed by atoms with Crippen molar-refractivity contribution in [1.29, 1.82) is 0 Å². The standard InChI is InChI=1S/C19H17NO5.CH4/c1-11-4-6-16-14(9-18(21)25-19(16)13(11)3)10-24-15-5-7-17(20(22)23)12(2)8-15;/h4-9H,10H2,1-3H3;1H4. The molecule has 136 valence electrons. The van der Waals surface area contributed by atoms with E-state index in [1.165, 1.54) is 12.1 Å². The smallest absolute Gasteiger partial charge is 0.336 e. The molecule has 0 bridgehead atoms. The van der Waals surface area contributed by atoms with Gasteiger partial charge in [-0.1, -0.05) is 19.6 Å². The highest BCUT2D eigenvalue weighted by molar-refractivity contribution is 5.83. The largest absolute Gasteiger partial charge is 0.489 e. The van der Waals surface area contributed by atoms with Gasteiger partial charge < -0.3 is 9.15 Å². The molecule has 0 unspecified atom stereocenters. The number of hydrogen-bond acceptors (Lipinski definition) is 5. The minimum absolute atomic E-state index is 0. The van der Waals surface area contributed by atoms with Gasteiger partial charge in [-0.05, 0) is 44.0 Å². The first-order chi connectivity index (χ1) is 11.9. The lowest BCUT2D eigenvalue weighted by molar-refractivity contribution is -0.385. The molecule has 0 saturated heterocycles. The Morgan fingerprint density at radius 3 is 2.46 bits per heavy atom. The molecule has 0 saturated carbocycles. The normalized spacial score (nSPS) is 10.4. The Morgan fingerprint density at radius 2 is 1.81 bits per heavy atom. The number of rotatable bonds is 4. The maximum absolute atomic E-state index is 11.9. The van der Waals surface area contributed by atoms with E-state index in [-0.39, 0.29) is 19.7 Å². The second kappa shape index (κ2) is 7.39. The second-order valence-corrected chi connectivity index (χ2v) is 5.97. The van der Waals surface area contributed by atoms with E-state index in [0.717, 1.165) is 16.5 Å². The molecule has 0 N–H and O–H groups in total. The Hall–Kier alpha value is -3.15. The first-order valence-electron chi connectivity index (χ1n) is 7.77. The van der Waals surface area contributed by atoms with Crippen LogP contribution in [0.15, 0.2) is 45.6 Å². The SMILES string of the molecule is C.Cc1cc(OCc2cc(=O)oc3c(C)c(C)ccc23)ccc1[N+](=O)[O-]. The zero-order chi connectivity index (χ0) is 18.1. The maximum Gasteiger partial charge on any atom is 0.336 e. The summed E-state index contributed by atoms with van der Waals surface area (Å²) in [5.41, 5.74) is 3.37. The predicted octanol–water partition coefficient (Wildman–Crippen LogP) is 4.84. The van der Waals surface area contributed by atoms with Crippen molar-refractivity contribution in [3.63, 3.8) is 0 Å². The number of benzene rings is 2. The van der Waals surface area contributed by atoms with Crippen LogP contribution in [0.1, 0.15) is 29.7 Å². The first kappa shape index (κ1) is 19.2. The predicted molar refractivity (Wildman–Crippen MR) is 101 cm³/mol. The molecule has 2 aromatic carbocycles. The van der Waals surface area contributed by atoms with Crippen molar-refractivity contribution >= 4 is 16.7 Å². The van der Waals surface area contributed by atoms with Gasteiger partial charge in [0.05, 0.1) is 4.92 Å². The van der Waals surface area contributed by atoms with Crippen LogP contribution >= 0.6 is 0 Å². The van der Waals surface area contributed by atoms with Gasteiger partial charge in [0.15, 0.2) is 0 Å². The summed E-state index contributed by atoms with van der Waals surface area (Å²) in [6.07, 6.45) is 0. The van der Waals surface area contributed by atoms with Crippen LogP contribution in [0.3, 0.4) is 0 Å². The third-order valence-corrected chi connectivity index (χ3v) is 4.28. The maximum atomic E-state index is 11.9. The molecule has 6 heteroatoms. The van der Waals surface area contributed by atoms with Crippen molar-refractivity contribution in [2.45, 2.75) is 34.8 Å². The zero-order valence-corrected chi connectivity index (χ0v) is 14.2. The molecule has 26 heavy (non-hydrogen) atoms. The second-order valence-electron chi connectivity index (χ2n) is 5.97. The first-order valence-corrected chi connectivity index (χ1v) is 7.77. The Morgan fingerprint density at radius 1 is 1.08 bits per heavy atom. The van der Waals surface area contributed by atoms with Crippen molar-refractivity contribution in [1.82, 2.24) is 0 Å². The van der Waals surface area contributed by atoms with Gasteiger partial charge in [-0.15, -0.1) is 0 Å². The average molecular weight is 355 g/mol. The van der Waals surface area contributed by atoms with E-state index in [1.807, 2.05) is 26.0 Å². The number of nitrogens with zero attached hydrogens (tertiary/aromatic N) is 1. The molecule has 0 aliphatic carbocycles. The number of ether oxygens (including phenoxy) is 1. The molecule has 0 atom stereocenters. The number of aryl methyl sites for hydroxylation is 3. The van der Waals surface area contributed by atoms with Gasteiger partial charge in [0.25, 0.3) is 5.69 Å². The zero-order valence-electron chi connectivity index (χ0n) is 14.2. The average Bonchev–Trinajstić information content (AvgIpc) is 2.56. The van der Waals surface area contributed by atoms with Crippen LogP contribution < -0.4 is 10.4 Å². The van der Waals surface area contributed by atoms with Gasteiger partial charge in [0, 0.05) is 28.6 Å². The summed E-state index contributed by atoms with van der Waals surface area (Å²) in [5, 5.41) is 11.7. The lowest BCUT2D eigenvalue weighted by atomic mass is 10.0. The van der Waals surface area contributed by atoms with E-state index in [4.69, 9.17) is 9.15 Å². The minimum atomic E-state index is -0.431. The van der Waals surface area contributed by atoms with Crippen molar-refractivity contribution in [3.05, 3.63) is 79.2 Å². The Balaban J connectivity index is 0.00000243. The van der Waals surface area contributed by atoms with Crippen molar-refractivity contribution < 1.29 is 14.1 Å². The molecule has 0 fully saturated rings. The molecule has 3 rings (SSSR count). The van der Waals surface area contributed by atoms with Crippen LogP contribution in [0, 0.1) is 30.9 Å². The number of nitro benzene ring substituents is 1.